The maximum atomic E-state index is 11.9. The number of carbonyl (C=O) groups is 2. The smallest absolute Gasteiger partial charge is 0.230 e. The largest absolute Gasteiger partial charge is 0.339 e. The van der Waals surface area contributed by atoms with Gasteiger partial charge in [-0.05, 0) is 47.8 Å². The summed E-state index contributed by atoms with van der Waals surface area (Å²) in [4.78, 5) is 24.0. The van der Waals surface area contributed by atoms with E-state index < -0.39 is 0 Å². The van der Waals surface area contributed by atoms with Gasteiger partial charge < -0.3 is 16.0 Å². The van der Waals surface area contributed by atoms with Crippen molar-refractivity contribution in [3.63, 3.8) is 0 Å². The van der Waals surface area contributed by atoms with Crippen molar-refractivity contribution in [1.29, 1.82) is 0 Å². The minimum absolute atomic E-state index is 0.117. The summed E-state index contributed by atoms with van der Waals surface area (Å²) in [5.41, 5.74) is 1.53. The minimum Gasteiger partial charge on any atom is -0.339 e. The molecular weight excluding hydrogens is 350 g/mol. The lowest BCUT2D eigenvalue weighted by atomic mass is 10.2. The molecule has 3 rings (SSSR count). The number of benzene rings is 1. The maximum absolute atomic E-state index is 11.9. The van der Waals surface area contributed by atoms with E-state index in [0.29, 0.717) is 18.1 Å². The van der Waals surface area contributed by atoms with E-state index in [1.54, 1.807) is 24.3 Å². The molecule has 2 heterocycles. The van der Waals surface area contributed by atoms with Gasteiger partial charge in [-0.3, -0.25) is 9.59 Å². The molecule has 0 fully saturated rings. The number of amides is 2. The number of rotatable bonds is 6. The van der Waals surface area contributed by atoms with Crippen LogP contribution in [0.25, 0.3) is 0 Å². The van der Waals surface area contributed by atoms with Crippen molar-refractivity contribution >= 4 is 46.2 Å². The van der Waals surface area contributed by atoms with E-state index in [4.69, 9.17) is 0 Å². The second-order valence-corrected chi connectivity index (χ2v) is 6.52. The summed E-state index contributed by atoms with van der Waals surface area (Å²) in [7, 11) is 0. The average molecular weight is 367 g/mol. The normalized spacial score (nSPS) is 10.2. The zero-order chi connectivity index (χ0) is 18.4. The number of anilines is 4. The summed E-state index contributed by atoms with van der Waals surface area (Å²) in [5.74, 6) is 0.705. The molecule has 2 aromatic heterocycles. The average Bonchev–Trinajstić information content (AvgIpc) is 3.11. The van der Waals surface area contributed by atoms with Gasteiger partial charge in [-0.1, -0.05) is 6.07 Å². The molecule has 0 aliphatic rings. The summed E-state index contributed by atoms with van der Waals surface area (Å²) in [6, 6.07) is 14.5. The number of thiophene rings is 1. The van der Waals surface area contributed by atoms with Crippen LogP contribution < -0.4 is 16.0 Å². The van der Waals surface area contributed by atoms with E-state index in [1.165, 1.54) is 18.3 Å². The summed E-state index contributed by atoms with van der Waals surface area (Å²) in [6.07, 6.45) is 0.319. The van der Waals surface area contributed by atoms with Gasteiger partial charge in [0.25, 0.3) is 0 Å². The molecule has 2 amide bonds. The van der Waals surface area contributed by atoms with Crippen molar-refractivity contribution in [2.45, 2.75) is 13.3 Å². The van der Waals surface area contributed by atoms with Gasteiger partial charge in [0.1, 0.15) is 0 Å². The summed E-state index contributed by atoms with van der Waals surface area (Å²) < 4.78 is 0. The van der Waals surface area contributed by atoms with E-state index in [2.05, 4.69) is 26.1 Å². The monoisotopic (exact) mass is 367 g/mol. The Hall–Kier alpha value is -3.26. The highest BCUT2D eigenvalue weighted by molar-refractivity contribution is 7.10. The van der Waals surface area contributed by atoms with Crippen LogP contribution >= 0.6 is 11.3 Å². The molecule has 0 spiro atoms. The molecule has 1 aromatic carbocycles. The quantitative estimate of drug-likeness (QED) is 0.620. The lowest BCUT2D eigenvalue weighted by Gasteiger charge is -2.08. The number of hydrogen-bond acceptors (Lipinski definition) is 6. The first-order valence-corrected chi connectivity index (χ1v) is 8.77. The number of nitrogens with one attached hydrogen (secondary N) is 3. The molecule has 0 atom stereocenters. The molecular formula is C18H17N5O2S. The van der Waals surface area contributed by atoms with Gasteiger partial charge in [-0.15, -0.1) is 21.5 Å². The van der Waals surface area contributed by atoms with Crippen molar-refractivity contribution in [2.24, 2.45) is 0 Å². The van der Waals surface area contributed by atoms with Crippen LogP contribution in [0.5, 0.6) is 0 Å². The lowest BCUT2D eigenvalue weighted by molar-refractivity contribution is -0.116. The molecule has 0 aliphatic heterocycles. The Kier molecular flexibility index (Phi) is 5.55. The molecule has 8 heteroatoms. The Balaban J connectivity index is 1.55. The number of hydrogen-bond donors (Lipinski definition) is 3. The van der Waals surface area contributed by atoms with Crippen LogP contribution in [0.2, 0.25) is 0 Å². The summed E-state index contributed by atoms with van der Waals surface area (Å²) in [6.45, 7) is 1.46. The second-order valence-electron chi connectivity index (χ2n) is 5.49. The van der Waals surface area contributed by atoms with Crippen LogP contribution in [0.3, 0.4) is 0 Å². The van der Waals surface area contributed by atoms with Gasteiger partial charge in [0.2, 0.25) is 11.8 Å². The molecule has 0 radical (unpaired) electrons. The highest BCUT2D eigenvalue weighted by atomic mass is 32.1. The molecule has 0 unspecified atom stereocenters. The van der Waals surface area contributed by atoms with Crippen molar-refractivity contribution in [3.05, 3.63) is 58.8 Å². The molecule has 7 nitrogen and oxygen atoms in total. The number of carbonyl (C=O) groups excluding carboxylic acids is 2. The van der Waals surface area contributed by atoms with Gasteiger partial charge in [-0.25, -0.2) is 0 Å². The lowest BCUT2D eigenvalue weighted by Crippen LogP contribution is -2.15. The molecule has 0 saturated carbocycles. The van der Waals surface area contributed by atoms with Crippen molar-refractivity contribution in [2.75, 3.05) is 16.0 Å². The van der Waals surface area contributed by atoms with Crippen molar-refractivity contribution in [1.82, 2.24) is 10.2 Å². The first-order valence-electron chi connectivity index (χ1n) is 7.89. The van der Waals surface area contributed by atoms with Crippen LogP contribution in [0.15, 0.2) is 53.9 Å². The maximum Gasteiger partial charge on any atom is 0.230 e. The fourth-order valence-corrected chi connectivity index (χ4v) is 2.92. The molecule has 0 saturated heterocycles. The predicted molar refractivity (Wildman–Crippen MR) is 103 cm³/mol. The number of aromatic nitrogens is 2. The van der Waals surface area contributed by atoms with Gasteiger partial charge in [0.15, 0.2) is 11.6 Å². The fraction of sp³-hybridized carbons (Fsp3) is 0.111. The first-order chi connectivity index (χ1) is 12.6. The second kappa shape index (κ2) is 8.21. The van der Waals surface area contributed by atoms with E-state index in [9.17, 15) is 9.59 Å². The van der Waals surface area contributed by atoms with Gasteiger partial charge in [0.05, 0.1) is 6.42 Å². The molecule has 3 N–H and O–H groups in total. The Morgan fingerprint density at radius 3 is 2.23 bits per heavy atom. The molecule has 0 bridgehead atoms. The molecule has 3 aromatic rings. The van der Waals surface area contributed by atoms with Crippen LogP contribution in [0, 0.1) is 0 Å². The van der Waals surface area contributed by atoms with Gasteiger partial charge in [-0.2, -0.15) is 0 Å². The first kappa shape index (κ1) is 17.6. The van der Waals surface area contributed by atoms with Crippen LogP contribution in [-0.4, -0.2) is 22.0 Å². The zero-order valence-electron chi connectivity index (χ0n) is 14.0. The van der Waals surface area contributed by atoms with Gasteiger partial charge >= 0.3 is 0 Å². The Morgan fingerprint density at radius 2 is 1.62 bits per heavy atom. The third-order valence-electron chi connectivity index (χ3n) is 3.32. The van der Waals surface area contributed by atoms with Gasteiger partial charge in [0, 0.05) is 23.2 Å². The van der Waals surface area contributed by atoms with Crippen molar-refractivity contribution < 1.29 is 9.59 Å². The fourth-order valence-electron chi connectivity index (χ4n) is 2.21. The van der Waals surface area contributed by atoms with Crippen LogP contribution in [0.1, 0.15) is 11.8 Å². The van der Waals surface area contributed by atoms with E-state index in [-0.39, 0.29) is 11.8 Å². The Labute approximate surface area is 154 Å². The van der Waals surface area contributed by atoms with Crippen molar-refractivity contribution in [3.8, 4) is 0 Å². The molecule has 26 heavy (non-hydrogen) atoms. The Bertz CT molecular complexity index is 877. The molecule has 132 valence electrons. The minimum atomic E-state index is -0.129. The highest BCUT2D eigenvalue weighted by Gasteiger charge is 2.06. The number of nitrogens with zero attached hydrogens (tertiary/aromatic N) is 2. The topological polar surface area (TPSA) is 96.0 Å². The van der Waals surface area contributed by atoms with Crippen LogP contribution in [0.4, 0.5) is 23.0 Å². The SMILES string of the molecule is CC(=O)Nc1ccc(Nc2ccc(NC(=O)Cc3cccs3)nn2)cc1. The highest BCUT2D eigenvalue weighted by Crippen LogP contribution is 2.18. The molecule has 0 aliphatic carbocycles. The zero-order valence-corrected chi connectivity index (χ0v) is 14.8. The third-order valence-corrected chi connectivity index (χ3v) is 4.20. The predicted octanol–water partition coefficient (Wildman–Crippen LogP) is 3.42. The standard InChI is InChI=1S/C18H17N5O2S/c1-12(24)19-13-4-6-14(7-5-13)20-16-8-9-17(23-22-16)21-18(25)11-15-3-2-10-26-15/h2-10H,11H2,1H3,(H,19,24)(H,20,22)(H,21,23,25). The summed E-state index contributed by atoms with van der Waals surface area (Å²) >= 11 is 1.54. The summed E-state index contributed by atoms with van der Waals surface area (Å²) in [5, 5.41) is 18.5. The van der Waals surface area contributed by atoms with E-state index in [0.717, 1.165) is 16.3 Å². The third kappa shape index (κ3) is 5.12. The van der Waals surface area contributed by atoms with E-state index >= 15 is 0 Å². The Morgan fingerprint density at radius 1 is 0.923 bits per heavy atom. The van der Waals surface area contributed by atoms with E-state index in [1.807, 2.05) is 29.6 Å². The van der Waals surface area contributed by atoms with Crippen LogP contribution in [-0.2, 0) is 16.0 Å².